The third kappa shape index (κ3) is 5.17. The van der Waals surface area contributed by atoms with Gasteiger partial charge in [0.25, 0.3) is 0 Å². The number of amides is 1. The molecule has 1 fully saturated rings. The van der Waals surface area contributed by atoms with E-state index in [0.29, 0.717) is 37.7 Å². The molecule has 4 rings (SSSR count). The second-order valence-electron chi connectivity index (χ2n) is 7.82. The summed E-state index contributed by atoms with van der Waals surface area (Å²) in [5, 5.41) is 3.33. The van der Waals surface area contributed by atoms with Crippen molar-refractivity contribution in [3.05, 3.63) is 77.2 Å². The van der Waals surface area contributed by atoms with E-state index in [1.807, 2.05) is 25.1 Å². The molecule has 6 nitrogen and oxygen atoms in total. The summed E-state index contributed by atoms with van der Waals surface area (Å²) in [6, 6.07) is 16.5. The van der Waals surface area contributed by atoms with E-state index in [2.05, 4.69) is 39.2 Å². The minimum atomic E-state index is -0.337. The fourth-order valence-electron chi connectivity index (χ4n) is 3.62. The van der Waals surface area contributed by atoms with Crippen LogP contribution in [-0.4, -0.2) is 47.0 Å². The van der Waals surface area contributed by atoms with Crippen molar-refractivity contribution in [2.24, 2.45) is 0 Å². The van der Waals surface area contributed by atoms with Gasteiger partial charge >= 0.3 is 0 Å². The molecule has 0 radical (unpaired) electrons. The summed E-state index contributed by atoms with van der Waals surface area (Å²) >= 11 is 0. The standard InChI is InChI=1S/C24H26FN5O/c1-17-7-9-20(10-8-17)27-22-15-18(2)26-24(28-22)30-13-11-29(12-14-30)23(31)16-19-5-3-4-6-21(19)25/h3-10,15H,11-14,16H2,1-2H3,(H,26,27,28). The first-order chi connectivity index (χ1) is 15.0. The van der Waals surface area contributed by atoms with Crippen molar-refractivity contribution >= 4 is 23.4 Å². The van der Waals surface area contributed by atoms with Gasteiger partial charge in [0.2, 0.25) is 11.9 Å². The Morgan fingerprint density at radius 3 is 2.42 bits per heavy atom. The molecule has 160 valence electrons. The van der Waals surface area contributed by atoms with Crippen LogP contribution in [0.15, 0.2) is 54.6 Å². The van der Waals surface area contributed by atoms with E-state index in [4.69, 9.17) is 0 Å². The van der Waals surface area contributed by atoms with Crippen LogP contribution >= 0.6 is 0 Å². The van der Waals surface area contributed by atoms with E-state index >= 15 is 0 Å². The second-order valence-corrected chi connectivity index (χ2v) is 7.82. The number of nitrogens with zero attached hydrogens (tertiary/aromatic N) is 4. The number of benzene rings is 2. The van der Waals surface area contributed by atoms with Gasteiger partial charge < -0.3 is 15.1 Å². The Morgan fingerprint density at radius 2 is 1.71 bits per heavy atom. The Bertz CT molecular complexity index is 1060. The quantitative estimate of drug-likeness (QED) is 0.680. The van der Waals surface area contributed by atoms with Crippen LogP contribution in [0.25, 0.3) is 0 Å². The number of piperazine rings is 1. The van der Waals surface area contributed by atoms with Crippen molar-refractivity contribution in [3.63, 3.8) is 0 Å². The molecule has 1 saturated heterocycles. The summed E-state index contributed by atoms with van der Waals surface area (Å²) in [4.78, 5) is 25.7. The number of anilines is 3. The normalized spacial score (nSPS) is 13.9. The minimum Gasteiger partial charge on any atom is -0.340 e. The van der Waals surface area contributed by atoms with Crippen LogP contribution in [0.3, 0.4) is 0 Å². The van der Waals surface area contributed by atoms with Crippen LogP contribution in [-0.2, 0) is 11.2 Å². The van der Waals surface area contributed by atoms with Crippen LogP contribution in [0.1, 0.15) is 16.8 Å². The Hall–Kier alpha value is -3.48. The topological polar surface area (TPSA) is 61.4 Å². The number of hydrogen-bond donors (Lipinski definition) is 1. The number of hydrogen-bond acceptors (Lipinski definition) is 5. The zero-order valence-corrected chi connectivity index (χ0v) is 17.8. The fourth-order valence-corrected chi connectivity index (χ4v) is 3.62. The van der Waals surface area contributed by atoms with Gasteiger partial charge in [-0.25, -0.2) is 9.37 Å². The van der Waals surface area contributed by atoms with Crippen LogP contribution < -0.4 is 10.2 Å². The minimum absolute atomic E-state index is 0.0587. The molecule has 1 aliphatic heterocycles. The number of aromatic nitrogens is 2. The molecular formula is C24H26FN5O. The molecule has 31 heavy (non-hydrogen) atoms. The zero-order chi connectivity index (χ0) is 21.8. The maximum atomic E-state index is 13.9. The Labute approximate surface area is 181 Å². The predicted molar refractivity (Wildman–Crippen MR) is 120 cm³/mol. The van der Waals surface area contributed by atoms with Gasteiger partial charge in [-0.3, -0.25) is 4.79 Å². The van der Waals surface area contributed by atoms with Gasteiger partial charge in [0.1, 0.15) is 11.6 Å². The molecule has 1 amide bonds. The summed E-state index contributed by atoms with van der Waals surface area (Å²) < 4.78 is 13.9. The van der Waals surface area contributed by atoms with Crippen molar-refractivity contribution < 1.29 is 9.18 Å². The van der Waals surface area contributed by atoms with E-state index in [1.165, 1.54) is 11.6 Å². The van der Waals surface area contributed by atoms with Crippen molar-refractivity contribution in [2.45, 2.75) is 20.3 Å². The molecular weight excluding hydrogens is 393 g/mol. The monoisotopic (exact) mass is 419 g/mol. The van der Waals surface area contributed by atoms with E-state index < -0.39 is 0 Å². The van der Waals surface area contributed by atoms with E-state index in [-0.39, 0.29) is 18.1 Å². The van der Waals surface area contributed by atoms with Crippen molar-refractivity contribution in [1.29, 1.82) is 0 Å². The molecule has 0 atom stereocenters. The highest BCUT2D eigenvalue weighted by Crippen LogP contribution is 2.20. The lowest BCUT2D eigenvalue weighted by Gasteiger charge is -2.35. The van der Waals surface area contributed by atoms with Gasteiger partial charge in [-0.2, -0.15) is 4.98 Å². The highest BCUT2D eigenvalue weighted by molar-refractivity contribution is 5.79. The fraction of sp³-hybridized carbons (Fsp3) is 0.292. The molecule has 7 heteroatoms. The second kappa shape index (κ2) is 9.12. The van der Waals surface area contributed by atoms with Crippen molar-refractivity contribution in [2.75, 3.05) is 36.4 Å². The highest BCUT2D eigenvalue weighted by Gasteiger charge is 2.23. The van der Waals surface area contributed by atoms with Gasteiger partial charge in [0.05, 0.1) is 6.42 Å². The van der Waals surface area contributed by atoms with Crippen LogP contribution in [0.4, 0.5) is 21.8 Å². The van der Waals surface area contributed by atoms with E-state index in [0.717, 1.165) is 17.2 Å². The average Bonchev–Trinajstić information content (AvgIpc) is 2.77. The highest BCUT2D eigenvalue weighted by atomic mass is 19.1. The van der Waals surface area contributed by atoms with E-state index in [1.54, 1.807) is 23.1 Å². The first-order valence-electron chi connectivity index (χ1n) is 10.4. The number of aryl methyl sites for hydroxylation is 2. The molecule has 1 N–H and O–H groups in total. The lowest BCUT2D eigenvalue weighted by molar-refractivity contribution is -0.130. The summed E-state index contributed by atoms with van der Waals surface area (Å²) in [7, 11) is 0. The summed E-state index contributed by atoms with van der Waals surface area (Å²) in [5.74, 6) is 0.994. The zero-order valence-electron chi connectivity index (χ0n) is 17.8. The third-order valence-corrected chi connectivity index (χ3v) is 5.38. The average molecular weight is 420 g/mol. The molecule has 1 aromatic heterocycles. The molecule has 0 spiro atoms. The molecule has 0 aliphatic carbocycles. The first-order valence-corrected chi connectivity index (χ1v) is 10.4. The van der Waals surface area contributed by atoms with Gasteiger partial charge in [0.15, 0.2) is 0 Å². The number of nitrogens with one attached hydrogen (secondary N) is 1. The molecule has 2 heterocycles. The van der Waals surface area contributed by atoms with Gasteiger partial charge in [-0.15, -0.1) is 0 Å². The lowest BCUT2D eigenvalue weighted by Crippen LogP contribution is -2.49. The summed E-state index contributed by atoms with van der Waals surface area (Å²) in [5.41, 5.74) is 3.48. The first kappa shape index (κ1) is 20.8. The van der Waals surface area contributed by atoms with Gasteiger partial charge in [0, 0.05) is 43.6 Å². The molecule has 3 aromatic rings. The molecule has 0 saturated carbocycles. The van der Waals surface area contributed by atoms with Crippen molar-refractivity contribution in [1.82, 2.24) is 14.9 Å². The maximum absolute atomic E-state index is 13.9. The SMILES string of the molecule is Cc1ccc(Nc2cc(C)nc(N3CCN(C(=O)Cc4ccccc4F)CC3)n2)cc1. The molecule has 0 unspecified atom stereocenters. The van der Waals surface area contributed by atoms with Gasteiger partial charge in [-0.1, -0.05) is 35.9 Å². The summed E-state index contributed by atoms with van der Waals surface area (Å²) in [6.45, 7) is 6.39. The largest absolute Gasteiger partial charge is 0.340 e. The number of halogens is 1. The molecule has 2 aromatic carbocycles. The smallest absolute Gasteiger partial charge is 0.227 e. The predicted octanol–water partition coefficient (Wildman–Crippen LogP) is 3.87. The van der Waals surface area contributed by atoms with Crippen LogP contribution in [0.5, 0.6) is 0 Å². The Morgan fingerprint density at radius 1 is 1.00 bits per heavy atom. The van der Waals surface area contributed by atoms with E-state index in [9.17, 15) is 9.18 Å². The molecule has 1 aliphatic rings. The third-order valence-electron chi connectivity index (χ3n) is 5.38. The molecule has 0 bridgehead atoms. The van der Waals surface area contributed by atoms with Crippen LogP contribution in [0, 0.1) is 19.7 Å². The number of carbonyl (C=O) groups excluding carboxylic acids is 1. The Kier molecular flexibility index (Phi) is 6.11. The maximum Gasteiger partial charge on any atom is 0.227 e. The van der Waals surface area contributed by atoms with Crippen molar-refractivity contribution in [3.8, 4) is 0 Å². The van der Waals surface area contributed by atoms with Gasteiger partial charge in [-0.05, 0) is 37.6 Å². The number of rotatable bonds is 5. The Balaban J connectivity index is 1.39. The summed E-state index contributed by atoms with van der Waals surface area (Å²) in [6.07, 6.45) is 0.0816. The lowest BCUT2D eigenvalue weighted by atomic mass is 10.1. The number of carbonyl (C=O) groups is 1. The van der Waals surface area contributed by atoms with Crippen LogP contribution in [0.2, 0.25) is 0 Å².